The molecule has 0 spiro atoms. The van der Waals surface area contributed by atoms with E-state index in [-0.39, 0.29) is 11.3 Å². The Kier molecular flexibility index (Phi) is 3.19. The Balaban J connectivity index is 2.54. The summed E-state index contributed by atoms with van der Waals surface area (Å²) >= 11 is 0. The van der Waals surface area contributed by atoms with Crippen molar-refractivity contribution in [3.8, 4) is 18.2 Å². The molecule has 0 saturated heterocycles. The predicted molar refractivity (Wildman–Crippen MR) is 70.5 cm³/mol. The number of aryl methyl sites for hydroxylation is 1. The minimum atomic E-state index is -0.234. The Morgan fingerprint density at radius 2 is 1.89 bits per heavy atom. The second-order valence-electron chi connectivity index (χ2n) is 3.91. The first-order valence-electron chi connectivity index (χ1n) is 5.49. The highest BCUT2D eigenvalue weighted by atomic mass is 14.9. The zero-order valence-electron chi connectivity index (χ0n) is 10.2. The summed E-state index contributed by atoms with van der Waals surface area (Å²) in [6, 6.07) is 10.8. The quantitative estimate of drug-likeness (QED) is 0.797. The number of hydrogen-bond acceptors (Lipinski definition) is 4. The number of H-pyrrole nitrogens is 1. The molecular weight excluding hydrogens is 238 g/mol. The number of aromatic amines is 1. The number of anilines is 1. The molecule has 1 aromatic heterocycles. The lowest BCUT2D eigenvalue weighted by Gasteiger charge is -2.06. The average Bonchev–Trinajstić information content (AvgIpc) is 2.82. The number of benzene rings is 1. The Hall–Kier alpha value is -3.23. The van der Waals surface area contributed by atoms with Gasteiger partial charge in [0.05, 0.1) is 11.2 Å². The van der Waals surface area contributed by atoms with Gasteiger partial charge >= 0.3 is 0 Å². The van der Waals surface area contributed by atoms with Crippen molar-refractivity contribution in [2.45, 2.75) is 6.92 Å². The van der Waals surface area contributed by atoms with E-state index in [1.807, 2.05) is 31.3 Å². The molecule has 2 N–H and O–H groups in total. The highest BCUT2D eigenvalue weighted by molar-refractivity contribution is 5.94. The van der Waals surface area contributed by atoms with Crippen LogP contribution in [0.3, 0.4) is 0 Å². The Morgan fingerprint density at radius 3 is 2.53 bits per heavy atom. The van der Waals surface area contributed by atoms with Crippen molar-refractivity contribution in [1.29, 1.82) is 15.8 Å². The summed E-state index contributed by atoms with van der Waals surface area (Å²) in [4.78, 5) is 3.10. The average molecular weight is 247 g/mol. The van der Waals surface area contributed by atoms with Gasteiger partial charge in [0.1, 0.15) is 23.9 Å². The standard InChI is InChI=1S/C14H9N5/c1-9-8-18-14-11(9)3-2-4-12(14)19-13(7-17)10(5-15)6-16/h2-4,8,18-19H,1H3. The molecule has 0 amide bonds. The van der Waals surface area contributed by atoms with Gasteiger partial charge in [0.25, 0.3) is 0 Å². The smallest absolute Gasteiger partial charge is 0.163 e. The van der Waals surface area contributed by atoms with Gasteiger partial charge in [-0.2, -0.15) is 15.8 Å². The summed E-state index contributed by atoms with van der Waals surface area (Å²) in [5, 5.41) is 30.5. The van der Waals surface area contributed by atoms with Crippen molar-refractivity contribution in [3.05, 3.63) is 41.2 Å². The third-order valence-corrected chi connectivity index (χ3v) is 2.77. The molecule has 0 fully saturated rings. The molecule has 2 aromatic rings. The van der Waals surface area contributed by atoms with Gasteiger partial charge in [-0.05, 0) is 18.6 Å². The number of hydrogen-bond donors (Lipinski definition) is 2. The van der Waals surface area contributed by atoms with Crippen LogP contribution in [-0.4, -0.2) is 4.98 Å². The third kappa shape index (κ3) is 2.11. The maximum absolute atomic E-state index is 9.01. The number of nitrogens with one attached hydrogen (secondary N) is 2. The minimum Gasteiger partial charge on any atom is -0.359 e. The summed E-state index contributed by atoms with van der Waals surface area (Å²) in [6.07, 6.45) is 1.86. The number of nitriles is 3. The van der Waals surface area contributed by atoms with E-state index >= 15 is 0 Å². The lowest BCUT2D eigenvalue weighted by Crippen LogP contribution is -2.01. The van der Waals surface area contributed by atoms with E-state index in [0.717, 1.165) is 16.5 Å². The first-order chi connectivity index (χ1) is 9.21. The van der Waals surface area contributed by atoms with Crippen molar-refractivity contribution in [3.63, 3.8) is 0 Å². The van der Waals surface area contributed by atoms with Crippen molar-refractivity contribution in [1.82, 2.24) is 4.98 Å². The molecule has 5 nitrogen and oxygen atoms in total. The molecule has 0 saturated carbocycles. The molecule has 19 heavy (non-hydrogen) atoms. The molecule has 2 rings (SSSR count). The number of aromatic nitrogens is 1. The number of allylic oxidation sites excluding steroid dienone is 2. The van der Waals surface area contributed by atoms with E-state index in [0.29, 0.717) is 5.69 Å². The van der Waals surface area contributed by atoms with Gasteiger partial charge in [0.15, 0.2) is 5.57 Å². The maximum atomic E-state index is 9.01. The largest absolute Gasteiger partial charge is 0.359 e. The van der Waals surface area contributed by atoms with Crippen LogP contribution in [0.5, 0.6) is 0 Å². The molecule has 0 aliphatic heterocycles. The van der Waals surface area contributed by atoms with E-state index in [9.17, 15) is 0 Å². The van der Waals surface area contributed by atoms with Crippen molar-refractivity contribution < 1.29 is 0 Å². The molecule has 1 heterocycles. The predicted octanol–water partition coefficient (Wildman–Crippen LogP) is 2.71. The number of fused-ring (bicyclic) bond motifs is 1. The van der Waals surface area contributed by atoms with E-state index < -0.39 is 0 Å². The van der Waals surface area contributed by atoms with Crippen LogP contribution < -0.4 is 5.32 Å². The maximum Gasteiger partial charge on any atom is 0.163 e. The molecule has 0 radical (unpaired) electrons. The summed E-state index contributed by atoms with van der Waals surface area (Å²) in [5.41, 5.74) is 2.29. The van der Waals surface area contributed by atoms with Gasteiger partial charge in [-0.15, -0.1) is 0 Å². The zero-order valence-corrected chi connectivity index (χ0v) is 10.2. The van der Waals surface area contributed by atoms with E-state index in [1.165, 1.54) is 0 Å². The van der Waals surface area contributed by atoms with Crippen LogP contribution in [-0.2, 0) is 0 Å². The molecule has 0 bridgehead atoms. The van der Waals surface area contributed by atoms with Gasteiger partial charge in [-0.1, -0.05) is 12.1 Å². The highest BCUT2D eigenvalue weighted by Crippen LogP contribution is 2.26. The topological polar surface area (TPSA) is 99.2 Å². The molecular formula is C14H9N5. The first kappa shape index (κ1) is 12.2. The molecule has 0 aliphatic carbocycles. The van der Waals surface area contributed by atoms with E-state index in [1.54, 1.807) is 18.2 Å². The van der Waals surface area contributed by atoms with Crippen molar-refractivity contribution in [2.75, 3.05) is 5.32 Å². The first-order valence-corrected chi connectivity index (χ1v) is 5.49. The monoisotopic (exact) mass is 247 g/mol. The number of rotatable bonds is 2. The minimum absolute atomic E-state index is 0.0512. The zero-order chi connectivity index (χ0) is 13.8. The van der Waals surface area contributed by atoms with Gasteiger partial charge < -0.3 is 10.3 Å². The lowest BCUT2D eigenvalue weighted by atomic mass is 10.1. The Morgan fingerprint density at radius 1 is 1.16 bits per heavy atom. The van der Waals surface area contributed by atoms with Crippen molar-refractivity contribution in [2.24, 2.45) is 0 Å². The Bertz CT molecular complexity index is 774. The summed E-state index contributed by atoms with van der Waals surface area (Å²) < 4.78 is 0. The second-order valence-corrected chi connectivity index (χ2v) is 3.91. The fraction of sp³-hybridized carbons (Fsp3) is 0.0714. The Labute approximate surface area is 110 Å². The van der Waals surface area contributed by atoms with Gasteiger partial charge in [0.2, 0.25) is 0 Å². The van der Waals surface area contributed by atoms with Gasteiger partial charge in [-0.3, -0.25) is 0 Å². The summed E-state index contributed by atoms with van der Waals surface area (Å²) in [6.45, 7) is 1.97. The van der Waals surface area contributed by atoms with Crippen LogP contribution in [0.4, 0.5) is 5.69 Å². The molecule has 1 aromatic carbocycles. The fourth-order valence-corrected chi connectivity index (χ4v) is 1.82. The summed E-state index contributed by atoms with van der Waals surface area (Å²) in [7, 11) is 0. The van der Waals surface area contributed by atoms with Crippen LogP contribution >= 0.6 is 0 Å². The lowest BCUT2D eigenvalue weighted by molar-refractivity contribution is 1.37. The van der Waals surface area contributed by atoms with E-state index in [2.05, 4.69) is 10.3 Å². The van der Waals surface area contributed by atoms with Crippen molar-refractivity contribution >= 4 is 16.6 Å². The van der Waals surface area contributed by atoms with Gasteiger partial charge in [0, 0.05) is 11.6 Å². The SMILES string of the molecule is Cc1c[nH]c2c(NC(C#N)=C(C#N)C#N)cccc12. The van der Waals surface area contributed by atoms with Crippen LogP contribution in [0.1, 0.15) is 5.56 Å². The van der Waals surface area contributed by atoms with Gasteiger partial charge in [-0.25, -0.2) is 0 Å². The van der Waals surface area contributed by atoms with E-state index in [4.69, 9.17) is 15.8 Å². The van der Waals surface area contributed by atoms with Crippen LogP contribution in [0.15, 0.2) is 35.7 Å². The molecule has 0 unspecified atom stereocenters. The number of para-hydroxylation sites is 1. The van der Waals surface area contributed by atoms with Crippen LogP contribution in [0.25, 0.3) is 10.9 Å². The molecule has 0 atom stereocenters. The van der Waals surface area contributed by atoms with Crippen LogP contribution in [0.2, 0.25) is 0 Å². The fourth-order valence-electron chi connectivity index (χ4n) is 1.82. The highest BCUT2D eigenvalue weighted by Gasteiger charge is 2.09. The second kappa shape index (κ2) is 4.96. The molecule has 5 heteroatoms. The molecule has 90 valence electrons. The number of nitrogens with zero attached hydrogens (tertiary/aromatic N) is 3. The van der Waals surface area contributed by atoms with Crippen LogP contribution in [0, 0.1) is 40.9 Å². The normalized spacial score (nSPS) is 9.16. The third-order valence-electron chi connectivity index (χ3n) is 2.77. The molecule has 0 aliphatic rings. The summed E-state index contributed by atoms with van der Waals surface area (Å²) in [5.74, 6) is 0.